The summed E-state index contributed by atoms with van der Waals surface area (Å²) in [5, 5.41) is 15.8. The summed E-state index contributed by atoms with van der Waals surface area (Å²) in [6, 6.07) is 20.7. The van der Waals surface area contributed by atoms with Gasteiger partial charge in [0.2, 0.25) is 5.91 Å². The molecule has 0 saturated carbocycles. The Morgan fingerprint density at radius 1 is 1.07 bits per heavy atom. The van der Waals surface area contributed by atoms with Gasteiger partial charge in [-0.15, -0.1) is 0 Å². The number of piperidine rings is 1. The molecular weight excluding hydrogens is 506 g/mol. The zero-order valence-corrected chi connectivity index (χ0v) is 22.3. The van der Waals surface area contributed by atoms with Crippen LogP contribution in [0.3, 0.4) is 0 Å². The largest absolute Gasteiger partial charge is 0.493 e. The molecule has 2 aromatic heterocycles. The first-order valence-electron chi connectivity index (χ1n) is 13.4. The molecule has 0 bridgehead atoms. The molecule has 1 aliphatic rings. The van der Waals surface area contributed by atoms with E-state index < -0.39 is 0 Å². The molecular formula is C30H31N7O3. The SMILES string of the molecule is CC(=O)NCCNc1nc(-c2ccccc2)nc2[nH]c(C(=O)N3CCC(COc4cccc(C#N)c4)CC3)cc12. The molecule has 4 aromatic rings. The maximum atomic E-state index is 13.4. The average molecular weight is 538 g/mol. The fourth-order valence-corrected chi connectivity index (χ4v) is 4.74. The van der Waals surface area contributed by atoms with E-state index in [0.29, 0.717) is 78.4 Å². The third-order valence-corrected chi connectivity index (χ3v) is 6.89. The molecule has 0 aliphatic carbocycles. The molecule has 5 rings (SSSR count). The standard InChI is InChI=1S/C30H31N7O3/c1-20(38)32-12-13-33-28-25-17-26(34-29(25)36-27(35-28)23-7-3-2-4-8-23)30(39)37-14-10-21(11-15-37)19-40-24-9-5-6-22(16-24)18-31/h2-9,16-17,21H,10-15,19H2,1H3,(H,32,38)(H2,33,34,35,36). The van der Waals surface area contributed by atoms with Crippen LogP contribution in [0.15, 0.2) is 60.7 Å². The van der Waals surface area contributed by atoms with E-state index in [2.05, 4.69) is 21.7 Å². The van der Waals surface area contributed by atoms with E-state index in [1.54, 1.807) is 18.2 Å². The number of H-pyrrole nitrogens is 1. The van der Waals surface area contributed by atoms with Gasteiger partial charge < -0.3 is 25.3 Å². The Kier molecular flexibility index (Phi) is 8.21. The molecule has 204 valence electrons. The number of fused-ring (bicyclic) bond motifs is 1. The Morgan fingerprint density at radius 3 is 2.62 bits per heavy atom. The van der Waals surface area contributed by atoms with Crippen LogP contribution < -0.4 is 15.4 Å². The van der Waals surface area contributed by atoms with Gasteiger partial charge in [0.05, 0.1) is 23.6 Å². The number of nitriles is 1. The third kappa shape index (κ3) is 6.38. The molecule has 2 amide bonds. The molecule has 2 aromatic carbocycles. The van der Waals surface area contributed by atoms with Crippen LogP contribution >= 0.6 is 0 Å². The Labute approximate surface area is 232 Å². The molecule has 0 unspecified atom stereocenters. The zero-order valence-electron chi connectivity index (χ0n) is 22.3. The Morgan fingerprint density at radius 2 is 1.88 bits per heavy atom. The van der Waals surface area contributed by atoms with Crippen LogP contribution in [0, 0.1) is 17.2 Å². The van der Waals surface area contributed by atoms with Gasteiger partial charge in [-0.2, -0.15) is 5.26 Å². The molecule has 40 heavy (non-hydrogen) atoms. The summed E-state index contributed by atoms with van der Waals surface area (Å²) >= 11 is 0. The van der Waals surface area contributed by atoms with Crippen molar-refractivity contribution < 1.29 is 14.3 Å². The summed E-state index contributed by atoms with van der Waals surface area (Å²) in [5.41, 5.74) is 2.47. The van der Waals surface area contributed by atoms with Crippen molar-refractivity contribution in [3.8, 4) is 23.2 Å². The quantitative estimate of drug-likeness (QED) is 0.275. The predicted molar refractivity (Wildman–Crippen MR) is 152 cm³/mol. The molecule has 0 atom stereocenters. The van der Waals surface area contributed by atoms with Crippen LogP contribution in [0.1, 0.15) is 35.8 Å². The summed E-state index contributed by atoms with van der Waals surface area (Å²) in [5.74, 6) is 1.98. The van der Waals surface area contributed by atoms with Crippen LogP contribution in [-0.4, -0.2) is 64.5 Å². The number of carbonyl (C=O) groups excluding carboxylic acids is 2. The molecule has 1 fully saturated rings. The minimum Gasteiger partial charge on any atom is -0.493 e. The monoisotopic (exact) mass is 537 g/mol. The predicted octanol–water partition coefficient (Wildman–Crippen LogP) is 3.98. The van der Waals surface area contributed by atoms with E-state index in [1.165, 1.54) is 6.92 Å². The Hall–Kier alpha value is -4.91. The maximum absolute atomic E-state index is 13.4. The van der Waals surface area contributed by atoms with Gasteiger partial charge in [-0.25, -0.2) is 9.97 Å². The van der Waals surface area contributed by atoms with Crippen molar-refractivity contribution in [3.63, 3.8) is 0 Å². The molecule has 3 heterocycles. The molecule has 10 heteroatoms. The molecule has 0 spiro atoms. The molecule has 3 N–H and O–H groups in total. The van der Waals surface area contributed by atoms with E-state index in [1.807, 2.05) is 47.4 Å². The highest BCUT2D eigenvalue weighted by Gasteiger charge is 2.26. The van der Waals surface area contributed by atoms with Crippen LogP contribution in [0.5, 0.6) is 5.75 Å². The van der Waals surface area contributed by atoms with Crippen molar-refractivity contribution in [1.29, 1.82) is 5.26 Å². The first-order chi connectivity index (χ1) is 19.5. The van der Waals surface area contributed by atoms with Crippen molar-refractivity contribution in [1.82, 2.24) is 25.2 Å². The minimum atomic E-state index is -0.0994. The fourth-order valence-electron chi connectivity index (χ4n) is 4.74. The summed E-state index contributed by atoms with van der Waals surface area (Å²) in [6.07, 6.45) is 1.66. The Bertz CT molecular complexity index is 1540. The van der Waals surface area contributed by atoms with Crippen LogP contribution in [0.25, 0.3) is 22.4 Å². The number of nitrogens with one attached hydrogen (secondary N) is 3. The van der Waals surface area contributed by atoms with Crippen molar-refractivity contribution in [2.75, 3.05) is 38.1 Å². The number of aromatic nitrogens is 3. The number of hydrogen-bond acceptors (Lipinski definition) is 7. The van der Waals surface area contributed by atoms with Gasteiger partial charge in [0.15, 0.2) is 5.82 Å². The number of anilines is 1. The number of carbonyl (C=O) groups is 2. The number of aromatic amines is 1. The second-order valence-electron chi connectivity index (χ2n) is 9.80. The lowest BCUT2D eigenvalue weighted by Gasteiger charge is -2.31. The van der Waals surface area contributed by atoms with Gasteiger partial charge >= 0.3 is 0 Å². The van der Waals surface area contributed by atoms with E-state index in [9.17, 15) is 9.59 Å². The van der Waals surface area contributed by atoms with Crippen molar-refractivity contribution in [3.05, 3.63) is 71.9 Å². The topological polar surface area (TPSA) is 136 Å². The smallest absolute Gasteiger partial charge is 0.270 e. The van der Waals surface area contributed by atoms with Crippen molar-refractivity contribution in [2.24, 2.45) is 5.92 Å². The van der Waals surface area contributed by atoms with E-state index in [0.717, 1.165) is 18.4 Å². The summed E-state index contributed by atoms with van der Waals surface area (Å²) in [6.45, 7) is 4.21. The number of amides is 2. The van der Waals surface area contributed by atoms with Gasteiger partial charge in [-0.3, -0.25) is 9.59 Å². The van der Waals surface area contributed by atoms with Gasteiger partial charge in [-0.05, 0) is 43.0 Å². The van der Waals surface area contributed by atoms with Crippen molar-refractivity contribution >= 4 is 28.7 Å². The fraction of sp³-hybridized carbons (Fsp3) is 0.300. The summed E-state index contributed by atoms with van der Waals surface area (Å²) in [7, 11) is 0. The summed E-state index contributed by atoms with van der Waals surface area (Å²) < 4.78 is 5.92. The first kappa shape index (κ1) is 26.7. The number of rotatable bonds is 9. The lowest BCUT2D eigenvalue weighted by Crippen LogP contribution is -2.39. The number of ether oxygens (including phenoxy) is 1. The lowest BCUT2D eigenvalue weighted by molar-refractivity contribution is -0.118. The number of hydrogen-bond donors (Lipinski definition) is 3. The van der Waals surface area contributed by atoms with Gasteiger partial charge in [-0.1, -0.05) is 36.4 Å². The first-order valence-corrected chi connectivity index (χ1v) is 13.4. The highest BCUT2D eigenvalue weighted by atomic mass is 16.5. The lowest BCUT2D eigenvalue weighted by atomic mass is 9.97. The maximum Gasteiger partial charge on any atom is 0.270 e. The average Bonchev–Trinajstić information content (AvgIpc) is 3.43. The number of likely N-dealkylation sites (tertiary alicyclic amines) is 1. The second-order valence-corrected chi connectivity index (χ2v) is 9.80. The van der Waals surface area contributed by atoms with Gasteiger partial charge in [0.1, 0.15) is 22.9 Å². The summed E-state index contributed by atoms with van der Waals surface area (Å²) in [4.78, 5) is 39.2. The van der Waals surface area contributed by atoms with Crippen LogP contribution in [-0.2, 0) is 4.79 Å². The molecule has 0 radical (unpaired) electrons. The third-order valence-electron chi connectivity index (χ3n) is 6.89. The molecule has 10 nitrogen and oxygen atoms in total. The van der Waals surface area contributed by atoms with E-state index in [-0.39, 0.29) is 11.8 Å². The van der Waals surface area contributed by atoms with Gasteiger partial charge in [0, 0.05) is 38.7 Å². The van der Waals surface area contributed by atoms with Crippen molar-refractivity contribution in [2.45, 2.75) is 19.8 Å². The van der Waals surface area contributed by atoms with E-state index >= 15 is 0 Å². The van der Waals surface area contributed by atoms with Crippen LogP contribution in [0.4, 0.5) is 5.82 Å². The minimum absolute atomic E-state index is 0.0791. The molecule has 1 aliphatic heterocycles. The van der Waals surface area contributed by atoms with E-state index in [4.69, 9.17) is 20.0 Å². The zero-order chi connectivity index (χ0) is 27.9. The molecule has 1 saturated heterocycles. The highest BCUT2D eigenvalue weighted by molar-refractivity contribution is 6.00. The highest BCUT2D eigenvalue weighted by Crippen LogP contribution is 2.27. The number of benzene rings is 2. The number of nitrogens with zero attached hydrogens (tertiary/aromatic N) is 4. The second kappa shape index (κ2) is 12.3. The normalized spacial score (nSPS) is 13.6. The van der Waals surface area contributed by atoms with Gasteiger partial charge in [0.25, 0.3) is 5.91 Å². The van der Waals surface area contributed by atoms with Crippen LogP contribution in [0.2, 0.25) is 0 Å². The Balaban J connectivity index is 1.27.